The van der Waals surface area contributed by atoms with E-state index in [9.17, 15) is 4.79 Å². The molecule has 5 heteroatoms. The fourth-order valence-electron chi connectivity index (χ4n) is 0.495. The van der Waals surface area contributed by atoms with Gasteiger partial charge in [-0.1, -0.05) is 5.16 Å². The highest BCUT2D eigenvalue weighted by Crippen LogP contribution is 2.16. The van der Waals surface area contributed by atoms with E-state index < -0.39 is 5.24 Å². The number of aryl methyl sites for hydroxylation is 1. The van der Waals surface area contributed by atoms with Crippen LogP contribution in [0.25, 0.3) is 0 Å². The van der Waals surface area contributed by atoms with E-state index >= 15 is 0 Å². The van der Waals surface area contributed by atoms with Crippen molar-refractivity contribution in [1.29, 1.82) is 0 Å². The van der Waals surface area contributed by atoms with E-state index in [0.29, 0.717) is 10.8 Å². The van der Waals surface area contributed by atoms with Crippen molar-refractivity contribution in [3.8, 4) is 0 Å². The predicted molar refractivity (Wildman–Crippen MR) is 36.7 cm³/mol. The molecule has 1 amide bonds. The Balaban J connectivity index is 2.67. The van der Waals surface area contributed by atoms with E-state index in [1.165, 1.54) is 0 Å². The van der Waals surface area contributed by atoms with Crippen LogP contribution in [0.3, 0.4) is 0 Å². The highest BCUT2D eigenvalue weighted by molar-refractivity contribution is 8.13. The van der Waals surface area contributed by atoms with E-state index in [1.54, 1.807) is 13.0 Å². The monoisotopic (exact) mass is 158 g/mol. The number of nitrogens with zero attached hydrogens (tertiary/aromatic N) is 1. The summed E-state index contributed by atoms with van der Waals surface area (Å²) in [6.45, 7) is 1.75. The quantitative estimate of drug-likeness (QED) is 0.622. The molecule has 4 nitrogen and oxygen atoms in total. The van der Waals surface area contributed by atoms with Gasteiger partial charge in [-0.3, -0.25) is 4.79 Å². The van der Waals surface area contributed by atoms with Crippen LogP contribution in [0.15, 0.2) is 15.6 Å². The van der Waals surface area contributed by atoms with Gasteiger partial charge in [0.1, 0.15) is 10.8 Å². The number of aromatic nitrogens is 1. The van der Waals surface area contributed by atoms with Crippen LogP contribution < -0.4 is 5.73 Å². The minimum absolute atomic E-state index is 0.478. The Morgan fingerprint density at radius 3 is 3.00 bits per heavy atom. The minimum atomic E-state index is -0.478. The molecule has 10 heavy (non-hydrogen) atoms. The first-order chi connectivity index (χ1) is 4.68. The Kier molecular flexibility index (Phi) is 1.96. The SMILES string of the molecule is Cc1cc(SC(N)=O)no1. The summed E-state index contributed by atoms with van der Waals surface area (Å²) in [5, 5.41) is 3.57. The lowest BCUT2D eigenvalue weighted by Crippen LogP contribution is -2.01. The summed E-state index contributed by atoms with van der Waals surface area (Å²) < 4.78 is 4.69. The summed E-state index contributed by atoms with van der Waals surface area (Å²) in [4.78, 5) is 10.3. The van der Waals surface area contributed by atoms with Crippen LogP contribution in [0, 0.1) is 6.92 Å². The van der Waals surface area contributed by atoms with Crippen LogP contribution in [0.5, 0.6) is 0 Å². The standard InChI is InChI=1S/C5H6N2O2S/c1-3-2-4(7-9-3)10-5(6)8/h2H,1H3,(H2,6,8). The van der Waals surface area contributed by atoms with Crippen LogP contribution in [-0.2, 0) is 0 Å². The maximum atomic E-state index is 10.3. The van der Waals surface area contributed by atoms with Crippen molar-refractivity contribution in [1.82, 2.24) is 5.16 Å². The molecule has 1 aromatic rings. The fraction of sp³-hybridized carbons (Fsp3) is 0.200. The largest absolute Gasteiger partial charge is 0.361 e. The Morgan fingerprint density at radius 2 is 2.60 bits per heavy atom. The molecule has 0 aliphatic carbocycles. The van der Waals surface area contributed by atoms with Crippen LogP contribution in [0.1, 0.15) is 5.76 Å². The third-order valence-electron chi connectivity index (χ3n) is 0.812. The predicted octanol–water partition coefficient (Wildman–Crippen LogP) is 1.15. The highest BCUT2D eigenvalue weighted by atomic mass is 32.2. The maximum Gasteiger partial charge on any atom is 0.282 e. The lowest BCUT2D eigenvalue weighted by Gasteiger charge is -1.83. The molecule has 0 bridgehead atoms. The second-order valence-corrected chi connectivity index (χ2v) is 2.72. The lowest BCUT2D eigenvalue weighted by atomic mass is 10.5. The third-order valence-corrected chi connectivity index (χ3v) is 1.41. The Bertz CT molecular complexity index is 246. The summed E-state index contributed by atoms with van der Waals surface area (Å²) in [6, 6.07) is 1.65. The first-order valence-corrected chi connectivity index (χ1v) is 3.41. The number of amides is 1. The van der Waals surface area contributed by atoms with Gasteiger partial charge < -0.3 is 10.3 Å². The van der Waals surface area contributed by atoms with Gasteiger partial charge in [-0.2, -0.15) is 0 Å². The van der Waals surface area contributed by atoms with Crippen molar-refractivity contribution in [2.45, 2.75) is 11.9 Å². The molecule has 0 fully saturated rings. The van der Waals surface area contributed by atoms with Crippen molar-refractivity contribution in [2.24, 2.45) is 5.73 Å². The second kappa shape index (κ2) is 2.74. The summed E-state index contributed by atoms with van der Waals surface area (Å²) in [5.74, 6) is 0.670. The zero-order valence-electron chi connectivity index (χ0n) is 5.33. The molecule has 0 atom stereocenters. The van der Waals surface area contributed by atoms with Crippen molar-refractivity contribution >= 4 is 17.0 Å². The van der Waals surface area contributed by atoms with Crippen LogP contribution >= 0.6 is 11.8 Å². The van der Waals surface area contributed by atoms with Crippen LogP contribution in [-0.4, -0.2) is 10.4 Å². The van der Waals surface area contributed by atoms with Gasteiger partial charge in [0.2, 0.25) is 0 Å². The summed E-state index contributed by atoms with van der Waals surface area (Å²) in [5.41, 5.74) is 4.88. The Hall–Kier alpha value is -0.970. The number of thioether (sulfide) groups is 1. The first kappa shape index (κ1) is 7.14. The molecule has 0 saturated carbocycles. The molecule has 0 unspecified atom stereocenters. The average molecular weight is 158 g/mol. The molecule has 0 aromatic carbocycles. The lowest BCUT2D eigenvalue weighted by molar-refractivity contribution is 0.267. The van der Waals surface area contributed by atoms with Crippen LogP contribution in [0.2, 0.25) is 0 Å². The van der Waals surface area contributed by atoms with E-state index in [1.807, 2.05) is 0 Å². The molecule has 54 valence electrons. The smallest absolute Gasteiger partial charge is 0.282 e. The number of hydrogen-bond donors (Lipinski definition) is 1. The van der Waals surface area contributed by atoms with Crippen LogP contribution in [0.4, 0.5) is 4.79 Å². The Morgan fingerprint density at radius 1 is 1.90 bits per heavy atom. The van der Waals surface area contributed by atoms with E-state index in [-0.39, 0.29) is 0 Å². The van der Waals surface area contributed by atoms with Crippen molar-refractivity contribution in [3.63, 3.8) is 0 Å². The minimum Gasteiger partial charge on any atom is -0.361 e. The zero-order chi connectivity index (χ0) is 7.56. The zero-order valence-corrected chi connectivity index (χ0v) is 6.14. The fourth-order valence-corrected chi connectivity index (χ4v) is 1.00. The number of primary amides is 1. The molecule has 0 aliphatic rings. The first-order valence-electron chi connectivity index (χ1n) is 2.59. The molecule has 0 radical (unpaired) electrons. The molecule has 0 aliphatic heterocycles. The molecule has 0 spiro atoms. The normalized spacial score (nSPS) is 9.70. The molecule has 1 aromatic heterocycles. The molecule has 0 saturated heterocycles. The summed E-state index contributed by atoms with van der Waals surface area (Å²) >= 11 is 0.853. The maximum absolute atomic E-state index is 10.3. The van der Waals surface area contributed by atoms with Gasteiger partial charge in [0.25, 0.3) is 5.24 Å². The second-order valence-electron chi connectivity index (χ2n) is 1.70. The Labute approximate surface area is 61.8 Å². The van der Waals surface area contributed by atoms with Crippen molar-refractivity contribution < 1.29 is 9.32 Å². The number of carbonyl (C=O) groups excluding carboxylic acids is 1. The van der Waals surface area contributed by atoms with Gasteiger partial charge >= 0.3 is 0 Å². The molecular formula is C5H6N2O2S. The number of nitrogens with two attached hydrogens (primary N) is 1. The van der Waals surface area contributed by atoms with Gasteiger partial charge in [0, 0.05) is 6.07 Å². The van der Waals surface area contributed by atoms with Gasteiger partial charge in [0.15, 0.2) is 0 Å². The van der Waals surface area contributed by atoms with Gasteiger partial charge in [0.05, 0.1) is 0 Å². The van der Waals surface area contributed by atoms with Gasteiger partial charge in [-0.15, -0.1) is 0 Å². The molecule has 2 N–H and O–H groups in total. The van der Waals surface area contributed by atoms with Gasteiger partial charge in [-0.05, 0) is 18.7 Å². The average Bonchev–Trinajstić information content (AvgIpc) is 2.13. The van der Waals surface area contributed by atoms with Crippen molar-refractivity contribution in [2.75, 3.05) is 0 Å². The number of hydrogen-bond acceptors (Lipinski definition) is 4. The molecule has 1 heterocycles. The number of rotatable bonds is 1. The topological polar surface area (TPSA) is 69.1 Å². The van der Waals surface area contributed by atoms with E-state index in [2.05, 4.69) is 9.68 Å². The third kappa shape index (κ3) is 1.77. The van der Waals surface area contributed by atoms with Crippen molar-refractivity contribution in [3.05, 3.63) is 11.8 Å². The summed E-state index contributed by atoms with van der Waals surface area (Å²) in [7, 11) is 0. The van der Waals surface area contributed by atoms with Gasteiger partial charge in [-0.25, -0.2) is 0 Å². The highest BCUT2D eigenvalue weighted by Gasteiger charge is 2.03. The molecule has 1 rings (SSSR count). The molecular weight excluding hydrogens is 152 g/mol. The van der Waals surface area contributed by atoms with E-state index in [4.69, 9.17) is 5.73 Å². The van der Waals surface area contributed by atoms with E-state index in [0.717, 1.165) is 11.8 Å². The summed E-state index contributed by atoms with van der Waals surface area (Å²) in [6.07, 6.45) is 0. The number of carbonyl (C=O) groups is 1.